The van der Waals surface area contributed by atoms with Crippen LogP contribution in [-0.4, -0.2) is 74.2 Å². The largest absolute Gasteiger partial charge is 0.492 e. The fraction of sp³-hybridized carbons (Fsp3) is 0.406. The van der Waals surface area contributed by atoms with Crippen LogP contribution in [0.5, 0.6) is 5.75 Å². The maximum atomic E-state index is 14.4. The minimum atomic E-state index is -3.66. The zero-order chi connectivity index (χ0) is 31.4. The van der Waals surface area contributed by atoms with Crippen LogP contribution in [0.4, 0.5) is 10.1 Å². The molecule has 1 fully saturated rings. The Morgan fingerprint density at radius 1 is 1.07 bits per heavy atom. The molecule has 0 spiro atoms. The van der Waals surface area contributed by atoms with E-state index in [0.717, 1.165) is 60.9 Å². The van der Waals surface area contributed by atoms with Crippen molar-refractivity contribution in [1.82, 2.24) is 4.90 Å². The van der Waals surface area contributed by atoms with Crippen LogP contribution < -0.4 is 10.1 Å². The second-order valence-corrected chi connectivity index (χ2v) is 12.1. The van der Waals surface area contributed by atoms with Crippen molar-refractivity contribution >= 4 is 21.8 Å². The van der Waals surface area contributed by atoms with Gasteiger partial charge in [-0.15, -0.1) is 0 Å². The molecule has 43 heavy (non-hydrogen) atoms. The number of aliphatic carboxylic acids is 1. The number of carboxylic acid groups (broad SMARTS) is 1. The number of anilines is 1. The van der Waals surface area contributed by atoms with E-state index in [0.29, 0.717) is 24.4 Å². The summed E-state index contributed by atoms with van der Waals surface area (Å²) in [5, 5.41) is 12.1. The third-order valence-corrected chi connectivity index (χ3v) is 7.75. The highest BCUT2D eigenvalue weighted by Crippen LogP contribution is 2.32. The number of morpholine rings is 1. The number of hydrogen-bond donors (Lipinski definition) is 3. The van der Waals surface area contributed by atoms with E-state index in [4.69, 9.17) is 19.1 Å². The molecule has 3 aromatic carbocycles. The predicted molar refractivity (Wildman–Crippen MR) is 166 cm³/mol. The zero-order valence-corrected chi connectivity index (χ0v) is 25.8. The van der Waals surface area contributed by atoms with Gasteiger partial charge in [0.05, 0.1) is 19.0 Å². The topological polar surface area (TPSA) is 125 Å². The van der Waals surface area contributed by atoms with Crippen LogP contribution in [0.1, 0.15) is 35.6 Å². The van der Waals surface area contributed by atoms with E-state index in [1.165, 1.54) is 18.6 Å². The fourth-order valence-electron chi connectivity index (χ4n) is 4.72. The average molecular weight is 617 g/mol. The summed E-state index contributed by atoms with van der Waals surface area (Å²) in [5.41, 5.74) is 6.79. The molecular weight excluding hydrogens is 575 g/mol. The summed E-state index contributed by atoms with van der Waals surface area (Å²) in [6, 6.07) is 17.4. The normalized spacial score (nSPS) is 13.6. The highest BCUT2D eigenvalue weighted by atomic mass is 32.2. The predicted octanol–water partition coefficient (Wildman–Crippen LogP) is 5.34. The molecule has 11 heteroatoms. The maximum absolute atomic E-state index is 14.4. The van der Waals surface area contributed by atoms with E-state index in [1.807, 2.05) is 12.1 Å². The highest BCUT2D eigenvalue weighted by molar-refractivity contribution is 7.85. The minimum Gasteiger partial charge on any atom is -0.492 e. The van der Waals surface area contributed by atoms with E-state index in [9.17, 15) is 17.6 Å². The van der Waals surface area contributed by atoms with Crippen molar-refractivity contribution < 1.29 is 36.7 Å². The Hall–Kier alpha value is -3.51. The first-order valence-electron chi connectivity index (χ1n) is 14.3. The fourth-order valence-corrected chi connectivity index (χ4v) is 4.72. The molecule has 1 heterocycles. The molecule has 0 radical (unpaired) electrons. The lowest BCUT2D eigenvalue weighted by molar-refractivity contribution is -0.136. The van der Waals surface area contributed by atoms with E-state index < -0.39 is 21.9 Å². The Morgan fingerprint density at radius 2 is 1.74 bits per heavy atom. The van der Waals surface area contributed by atoms with Gasteiger partial charge in [0.25, 0.3) is 10.1 Å². The van der Waals surface area contributed by atoms with Gasteiger partial charge < -0.3 is 19.9 Å². The molecule has 9 nitrogen and oxygen atoms in total. The van der Waals surface area contributed by atoms with Crippen molar-refractivity contribution in [2.75, 3.05) is 50.5 Å². The first-order chi connectivity index (χ1) is 20.4. The number of halogens is 1. The summed E-state index contributed by atoms with van der Waals surface area (Å²) in [6.07, 6.45) is 0.0940. The molecule has 0 atom stereocenters. The molecule has 234 valence electrons. The number of ether oxygens (including phenoxy) is 2. The molecule has 4 rings (SSSR count). The number of nitrogens with one attached hydrogen (secondary N) is 1. The van der Waals surface area contributed by atoms with Crippen LogP contribution in [0, 0.1) is 19.7 Å². The van der Waals surface area contributed by atoms with Crippen LogP contribution in [0.2, 0.25) is 0 Å². The van der Waals surface area contributed by atoms with Gasteiger partial charge in [0.1, 0.15) is 18.2 Å². The summed E-state index contributed by atoms with van der Waals surface area (Å²) in [7, 11) is -3.66. The van der Waals surface area contributed by atoms with Gasteiger partial charge in [-0.05, 0) is 90.9 Å². The average Bonchev–Trinajstić information content (AvgIpc) is 2.96. The number of nitrogens with zero attached hydrogens (tertiary/aromatic N) is 1. The lowest BCUT2D eigenvalue weighted by Crippen LogP contribution is -2.38. The monoisotopic (exact) mass is 616 g/mol. The lowest BCUT2D eigenvalue weighted by Gasteiger charge is -2.26. The summed E-state index contributed by atoms with van der Waals surface area (Å²) >= 11 is 0. The van der Waals surface area contributed by atoms with Gasteiger partial charge in [-0.25, -0.2) is 4.39 Å². The smallest absolute Gasteiger partial charge is 0.303 e. The third-order valence-electron chi connectivity index (χ3n) is 7.02. The Morgan fingerprint density at radius 3 is 2.35 bits per heavy atom. The maximum Gasteiger partial charge on any atom is 0.303 e. The van der Waals surface area contributed by atoms with Gasteiger partial charge in [0.15, 0.2) is 0 Å². The number of carbonyl (C=O) groups is 1. The molecule has 0 aliphatic carbocycles. The molecule has 1 aliphatic rings. The number of aryl methyl sites for hydroxylation is 3. The highest BCUT2D eigenvalue weighted by Gasteiger charge is 2.12. The van der Waals surface area contributed by atoms with Crippen LogP contribution in [0.3, 0.4) is 0 Å². The number of rotatable bonds is 12. The molecule has 0 aromatic heterocycles. The Balaban J connectivity index is 0.000000765. The Bertz CT molecular complexity index is 1450. The van der Waals surface area contributed by atoms with Crippen molar-refractivity contribution in [3.8, 4) is 16.9 Å². The quantitative estimate of drug-likeness (QED) is 0.231. The van der Waals surface area contributed by atoms with E-state index >= 15 is 0 Å². The Labute approximate surface area is 253 Å². The molecule has 0 bridgehead atoms. The molecule has 1 saturated heterocycles. The second kappa shape index (κ2) is 16.4. The van der Waals surface area contributed by atoms with Gasteiger partial charge in [0.2, 0.25) is 0 Å². The zero-order valence-electron chi connectivity index (χ0n) is 24.9. The van der Waals surface area contributed by atoms with Crippen molar-refractivity contribution in [3.63, 3.8) is 0 Å². The van der Waals surface area contributed by atoms with Gasteiger partial charge in [-0.2, -0.15) is 8.42 Å². The molecule has 1 aliphatic heterocycles. The summed E-state index contributed by atoms with van der Waals surface area (Å²) in [5.74, 6) is -0.637. The first kappa shape index (κ1) is 34.0. The van der Waals surface area contributed by atoms with Crippen LogP contribution in [-0.2, 0) is 32.6 Å². The molecule has 0 unspecified atom stereocenters. The number of hydrogen-bond acceptors (Lipinski definition) is 7. The van der Waals surface area contributed by atoms with Crippen LogP contribution in [0.15, 0.2) is 54.6 Å². The van der Waals surface area contributed by atoms with E-state index in [-0.39, 0.29) is 18.6 Å². The first-order valence-corrected chi connectivity index (χ1v) is 15.9. The molecule has 3 aromatic rings. The molecular formula is C32H41FN2O7S. The van der Waals surface area contributed by atoms with Crippen molar-refractivity contribution in [2.24, 2.45) is 0 Å². The van der Waals surface area contributed by atoms with Crippen molar-refractivity contribution in [3.05, 3.63) is 82.7 Å². The van der Waals surface area contributed by atoms with Crippen molar-refractivity contribution in [1.29, 1.82) is 0 Å². The third kappa shape index (κ3) is 11.6. The summed E-state index contributed by atoms with van der Waals surface area (Å²) < 4.78 is 52.7. The molecule has 3 N–H and O–H groups in total. The SMILES string of the molecule is CCS(=O)(=O)O.Cc1cc(OCCN2CCOCC2)cc(C)c1-c1cccc(CNc2ccc(CCC(=O)O)c(F)c2)c1. The van der Waals surface area contributed by atoms with Crippen molar-refractivity contribution in [2.45, 2.75) is 40.2 Å². The van der Waals surface area contributed by atoms with Gasteiger partial charge in [-0.1, -0.05) is 24.3 Å². The summed E-state index contributed by atoms with van der Waals surface area (Å²) in [6.45, 7) is 11.2. The lowest BCUT2D eigenvalue weighted by atomic mass is 9.94. The van der Waals surface area contributed by atoms with E-state index in [2.05, 4.69) is 48.3 Å². The number of carboxylic acids is 1. The second-order valence-electron chi connectivity index (χ2n) is 10.4. The summed E-state index contributed by atoms with van der Waals surface area (Å²) in [4.78, 5) is 13.1. The van der Waals surface area contributed by atoms with E-state index in [1.54, 1.807) is 12.1 Å². The minimum absolute atomic E-state index is 0.0864. The molecule has 0 saturated carbocycles. The van der Waals surface area contributed by atoms with Crippen LogP contribution in [0.25, 0.3) is 11.1 Å². The van der Waals surface area contributed by atoms with Crippen LogP contribution >= 0.6 is 0 Å². The van der Waals surface area contributed by atoms with Gasteiger partial charge in [0, 0.05) is 38.3 Å². The van der Waals surface area contributed by atoms with Gasteiger partial charge in [-0.3, -0.25) is 14.2 Å². The van der Waals surface area contributed by atoms with Gasteiger partial charge >= 0.3 is 5.97 Å². The number of benzene rings is 3. The molecule has 0 amide bonds. The standard InChI is InChI=1S/C30H35FN2O4.C2H6O3S/c1-21-16-27(37-15-12-33-10-13-36-14-11-33)17-22(2)30(21)25-5-3-4-23(18-25)20-32-26-8-6-24(28(31)19-26)7-9-29(34)35;1-2-6(3,4)5/h3-6,8,16-19,32H,7,9-15,20H2,1-2H3,(H,34,35);2H2,1H3,(H,3,4,5). The Kier molecular flexibility index (Phi) is 12.9.